The van der Waals surface area contributed by atoms with Crippen molar-refractivity contribution in [1.82, 2.24) is 15.3 Å². The molecule has 0 fully saturated rings. The summed E-state index contributed by atoms with van der Waals surface area (Å²) in [7, 11) is 0. The first-order chi connectivity index (χ1) is 9.72. The molecule has 0 bridgehead atoms. The standard InChI is InChI=1S/C14H15N3O2S/c1-20-9-8-16-13(18)11-2-3-12(17-14(11)19)10-4-6-15-7-5-10/h2-7H,8-9H2,1H3,(H,16,18)(H,17,19). The van der Waals surface area contributed by atoms with E-state index in [-0.39, 0.29) is 17.0 Å². The molecule has 0 radical (unpaired) electrons. The molecule has 0 unspecified atom stereocenters. The van der Waals surface area contributed by atoms with Gasteiger partial charge < -0.3 is 10.3 Å². The van der Waals surface area contributed by atoms with Gasteiger partial charge in [0.1, 0.15) is 5.56 Å². The molecule has 20 heavy (non-hydrogen) atoms. The van der Waals surface area contributed by atoms with Crippen LogP contribution >= 0.6 is 11.8 Å². The van der Waals surface area contributed by atoms with Crippen LogP contribution in [0.4, 0.5) is 0 Å². The third kappa shape index (κ3) is 3.48. The molecule has 2 aromatic heterocycles. The van der Waals surface area contributed by atoms with Gasteiger partial charge >= 0.3 is 0 Å². The van der Waals surface area contributed by atoms with E-state index in [9.17, 15) is 9.59 Å². The van der Waals surface area contributed by atoms with Gasteiger partial charge in [-0.15, -0.1) is 0 Å². The lowest BCUT2D eigenvalue weighted by Crippen LogP contribution is -2.31. The fourth-order valence-corrected chi connectivity index (χ4v) is 2.02. The maximum absolute atomic E-state index is 12.0. The molecule has 0 aromatic carbocycles. The number of pyridine rings is 2. The molecule has 1 amide bonds. The smallest absolute Gasteiger partial charge is 0.261 e. The van der Waals surface area contributed by atoms with E-state index in [4.69, 9.17) is 0 Å². The minimum absolute atomic E-state index is 0.129. The topological polar surface area (TPSA) is 74.8 Å². The summed E-state index contributed by atoms with van der Waals surface area (Å²) in [5.74, 6) is 0.472. The van der Waals surface area contributed by atoms with Gasteiger partial charge in [-0.05, 0) is 30.5 Å². The van der Waals surface area contributed by atoms with Gasteiger partial charge in [-0.2, -0.15) is 11.8 Å². The molecular weight excluding hydrogens is 274 g/mol. The van der Waals surface area contributed by atoms with E-state index in [0.717, 1.165) is 11.3 Å². The second-order valence-electron chi connectivity index (χ2n) is 4.10. The second-order valence-corrected chi connectivity index (χ2v) is 5.08. The Morgan fingerprint density at radius 3 is 2.70 bits per heavy atom. The van der Waals surface area contributed by atoms with Gasteiger partial charge in [-0.1, -0.05) is 0 Å². The van der Waals surface area contributed by atoms with E-state index in [0.29, 0.717) is 12.2 Å². The van der Waals surface area contributed by atoms with Crippen molar-refractivity contribution < 1.29 is 4.79 Å². The third-order valence-electron chi connectivity index (χ3n) is 2.74. The Morgan fingerprint density at radius 2 is 2.05 bits per heavy atom. The van der Waals surface area contributed by atoms with Crippen LogP contribution in [0.2, 0.25) is 0 Å². The summed E-state index contributed by atoms with van der Waals surface area (Å²) >= 11 is 1.64. The normalized spacial score (nSPS) is 10.2. The molecule has 6 heteroatoms. The summed E-state index contributed by atoms with van der Waals surface area (Å²) in [4.78, 5) is 30.4. The van der Waals surface area contributed by atoms with Crippen LogP contribution in [-0.4, -0.2) is 34.4 Å². The minimum Gasteiger partial charge on any atom is -0.351 e. The van der Waals surface area contributed by atoms with E-state index in [1.165, 1.54) is 0 Å². The van der Waals surface area contributed by atoms with E-state index in [2.05, 4.69) is 15.3 Å². The molecule has 2 N–H and O–H groups in total. The Balaban J connectivity index is 2.18. The van der Waals surface area contributed by atoms with Crippen molar-refractivity contribution in [2.45, 2.75) is 0 Å². The highest BCUT2D eigenvalue weighted by Crippen LogP contribution is 2.13. The Labute approximate surface area is 120 Å². The number of aromatic nitrogens is 2. The van der Waals surface area contributed by atoms with E-state index in [1.807, 2.05) is 6.26 Å². The van der Waals surface area contributed by atoms with Crippen molar-refractivity contribution >= 4 is 17.7 Å². The number of amides is 1. The van der Waals surface area contributed by atoms with Gasteiger partial charge in [-0.3, -0.25) is 14.6 Å². The van der Waals surface area contributed by atoms with Crippen molar-refractivity contribution in [3.63, 3.8) is 0 Å². The predicted molar refractivity (Wildman–Crippen MR) is 81.0 cm³/mol. The second kappa shape index (κ2) is 6.91. The lowest BCUT2D eigenvalue weighted by Gasteiger charge is -2.05. The summed E-state index contributed by atoms with van der Waals surface area (Å²) in [6, 6.07) is 6.86. The lowest BCUT2D eigenvalue weighted by atomic mass is 10.1. The van der Waals surface area contributed by atoms with Gasteiger partial charge in [0.2, 0.25) is 0 Å². The molecule has 0 atom stereocenters. The summed E-state index contributed by atoms with van der Waals surface area (Å²) < 4.78 is 0. The maximum Gasteiger partial charge on any atom is 0.261 e. The van der Waals surface area contributed by atoms with E-state index in [1.54, 1.807) is 48.4 Å². The Bertz CT molecular complexity index is 640. The molecule has 0 saturated heterocycles. The Hall–Kier alpha value is -2.08. The summed E-state index contributed by atoms with van der Waals surface area (Å²) in [5.41, 5.74) is 1.26. The van der Waals surface area contributed by atoms with Gasteiger partial charge in [0.05, 0.1) is 0 Å². The van der Waals surface area contributed by atoms with Crippen LogP contribution in [0.15, 0.2) is 41.5 Å². The van der Waals surface area contributed by atoms with Crippen LogP contribution in [-0.2, 0) is 0 Å². The Kier molecular flexibility index (Phi) is 4.95. The van der Waals surface area contributed by atoms with Gasteiger partial charge in [-0.25, -0.2) is 0 Å². The molecular formula is C14H15N3O2S. The quantitative estimate of drug-likeness (QED) is 0.819. The first-order valence-electron chi connectivity index (χ1n) is 6.13. The zero-order valence-electron chi connectivity index (χ0n) is 11.1. The van der Waals surface area contributed by atoms with Crippen LogP contribution in [0, 0.1) is 0 Å². The molecule has 0 aliphatic rings. The SMILES string of the molecule is CSCCNC(=O)c1ccc(-c2ccncc2)[nH]c1=O. The average Bonchev–Trinajstić information content (AvgIpc) is 2.48. The largest absolute Gasteiger partial charge is 0.351 e. The van der Waals surface area contributed by atoms with Gasteiger partial charge in [0.25, 0.3) is 11.5 Å². The molecule has 2 rings (SSSR count). The number of nitrogens with zero attached hydrogens (tertiary/aromatic N) is 1. The van der Waals surface area contributed by atoms with Crippen LogP contribution in [0.25, 0.3) is 11.3 Å². The number of carbonyl (C=O) groups is 1. The number of thioether (sulfide) groups is 1. The number of nitrogens with one attached hydrogen (secondary N) is 2. The molecule has 0 aliphatic carbocycles. The first kappa shape index (κ1) is 14.3. The zero-order valence-corrected chi connectivity index (χ0v) is 11.9. The minimum atomic E-state index is -0.388. The van der Waals surface area contributed by atoms with E-state index >= 15 is 0 Å². The molecule has 104 valence electrons. The number of hydrogen-bond donors (Lipinski definition) is 2. The van der Waals surface area contributed by atoms with Gasteiger partial charge in [0.15, 0.2) is 0 Å². The number of aromatic amines is 1. The first-order valence-corrected chi connectivity index (χ1v) is 7.52. The highest BCUT2D eigenvalue weighted by atomic mass is 32.2. The molecule has 0 spiro atoms. The summed E-state index contributed by atoms with van der Waals surface area (Å²) in [6.07, 6.45) is 5.26. The number of rotatable bonds is 5. The fourth-order valence-electron chi connectivity index (χ4n) is 1.71. The lowest BCUT2D eigenvalue weighted by molar-refractivity contribution is 0.0954. The van der Waals surface area contributed by atoms with Crippen molar-refractivity contribution in [3.8, 4) is 11.3 Å². The predicted octanol–water partition coefficient (Wildman–Crippen LogP) is 1.53. The van der Waals surface area contributed by atoms with E-state index < -0.39 is 0 Å². The maximum atomic E-state index is 12.0. The van der Waals surface area contributed by atoms with Crippen LogP contribution < -0.4 is 10.9 Å². The number of H-pyrrole nitrogens is 1. The van der Waals surface area contributed by atoms with Crippen molar-refractivity contribution in [2.75, 3.05) is 18.6 Å². The summed E-state index contributed by atoms with van der Waals surface area (Å²) in [5, 5.41) is 2.71. The van der Waals surface area contributed by atoms with Crippen molar-refractivity contribution in [3.05, 3.63) is 52.6 Å². The highest BCUT2D eigenvalue weighted by Gasteiger charge is 2.10. The highest BCUT2D eigenvalue weighted by molar-refractivity contribution is 7.98. The van der Waals surface area contributed by atoms with Gasteiger partial charge in [0, 0.05) is 35.9 Å². The average molecular weight is 289 g/mol. The number of hydrogen-bond acceptors (Lipinski definition) is 4. The van der Waals surface area contributed by atoms with Crippen molar-refractivity contribution in [2.24, 2.45) is 0 Å². The van der Waals surface area contributed by atoms with Crippen molar-refractivity contribution in [1.29, 1.82) is 0 Å². The third-order valence-corrected chi connectivity index (χ3v) is 3.35. The fraction of sp³-hybridized carbons (Fsp3) is 0.214. The van der Waals surface area contributed by atoms with Crippen LogP contribution in [0.5, 0.6) is 0 Å². The Morgan fingerprint density at radius 1 is 1.30 bits per heavy atom. The van der Waals surface area contributed by atoms with Crippen LogP contribution in [0.3, 0.4) is 0 Å². The monoisotopic (exact) mass is 289 g/mol. The molecule has 2 heterocycles. The molecule has 0 saturated carbocycles. The number of carbonyl (C=O) groups excluding carboxylic acids is 1. The molecule has 5 nitrogen and oxygen atoms in total. The zero-order chi connectivity index (χ0) is 14.4. The molecule has 2 aromatic rings. The summed E-state index contributed by atoms with van der Waals surface area (Å²) in [6.45, 7) is 0.547. The molecule has 0 aliphatic heterocycles. The van der Waals surface area contributed by atoms with Crippen LogP contribution in [0.1, 0.15) is 10.4 Å².